The number of amides is 4. The molecule has 1 unspecified atom stereocenters. The maximum absolute atomic E-state index is 13.1. The molecule has 2 aliphatic rings. The van der Waals surface area contributed by atoms with Gasteiger partial charge < -0.3 is 10.6 Å². The van der Waals surface area contributed by atoms with Crippen LogP contribution in [-0.2, 0) is 21.5 Å². The fourth-order valence-electron chi connectivity index (χ4n) is 3.97. The van der Waals surface area contributed by atoms with Crippen LogP contribution in [0.1, 0.15) is 34.4 Å². The Morgan fingerprint density at radius 3 is 2.89 bits per heavy atom. The molecule has 140 valence electrons. The van der Waals surface area contributed by atoms with Gasteiger partial charge in [-0.05, 0) is 56.2 Å². The number of nitrogens with one attached hydrogen (secondary N) is 2. The van der Waals surface area contributed by atoms with E-state index in [0.717, 1.165) is 39.3 Å². The van der Waals surface area contributed by atoms with Crippen LogP contribution in [0.4, 0.5) is 10.5 Å². The quantitative estimate of drug-likeness (QED) is 0.800. The molecule has 6 nitrogen and oxygen atoms in total. The number of carbonyl (C=O) groups is 3. The van der Waals surface area contributed by atoms with Crippen LogP contribution in [0, 0.1) is 13.8 Å². The Morgan fingerprint density at radius 1 is 1.30 bits per heavy atom. The molecule has 0 saturated carbocycles. The summed E-state index contributed by atoms with van der Waals surface area (Å²) in [6.07, 6.45) is 2.32. The number of anilines is 1. The van der Waals surface area contributed by atoms with Gasteiger partial charge in [-0.2, -0.15) is 0 Å². The average molecular weight is 383 g/mol. The van der Waals surface area contributed by atoms with Crippen molar-refractivity contribution in [3.8, 4) is 0 Å². The Bertz CT molecular complexity index is 952. The lowest BCUT2D eigenvalue weighted by molar-refractivity contribution is -0.134. The molecular weight excluding hydrogens is 362 g/mol. The van der Waals surface area contributed by atoms with Crippen LogP contribution in [0.25, 0.3) is 0 Å². The van der Waals surface area contributed by atoms with E-state index >= 15 is 0 Å². The normalized spacial score (nSPS) is 21.3. The topological polar surface area (TPSA) is 78.5 Å². The van der Waals surface area contributed by atoms with Crippen molar-refractivity contribution in [3.63, 3.8) is 0 Å². The van der Waals surface area contributed by atoms with Crippen LogP contribution in [0.15, 0.2) is 29.6 Å². The van der Waals surface area contributed by atoms with E-state index in [-0.39, 0.29) is 18.4 Å². The highest BCUT2D eigenvalue weighted by molar-refractivity contribution is 7.10. The van der Waals surface area contributed by atoms with E-state index in [4.69, 9.17) is 0 Å². The van der Waals surface area contributed by atoms with E-state index in [1.807, 2.05) is 43.5 Å². The van der Waals surface area contributed by atoms with Gasteiger partial charge in [-0.25, -0.2) is 4.79 Å². The Labute approximate surface area is 161 Å². The van der Waals surface area contributed by atoms with Crippen molar-refractivity contribution in [1.29, 1.82) is 0 Å². The van der Waals surface area contributed by atoms with Gasteiger partial charge in [0, 0.05) is 16.1 Å². The van der Waals surface area contributed by atoms with Crippen LogP contribution in [0.5, 0.6) is 0 Å². The summed E-state index contributed by atoms with van der Waals surface area (Å²) in [6, 6.07) is 7.12. The Balaban J connectivity index is 1.53. The highest BCUT2D eigenvalue weighted by Crippen LogP contribution is 2.42. The summed E-state index contributed by atoms with van der Waals surface area (Å²) in [5, 5.41) is 7.61. The van der Waals surface area contributed by atoms with Crippen molar-refractivity contribution in [2.45, 2.75) is 38.6 Å². The third-order valence-electron chi connectivity index (χ3n) is 5.29. The molecule has 1 atom stereocenters. The molecule has 2 N–H and O–H groups in total. The standard InChI is InChI=1S/C20H21N3O3S/c1-12-5-6-15(13(2)10-12)21-17(24)11-23-18(25)20(22-19(23)26)8-3-4-16-14(20)7-9-27-16/h5-7,9-10H,3-4,8,11H2,1-2H3,(H,21,24)(H,22,26). The fourth-order valence-corrected chi connectivity index (χ4v) is 4.97. The molecule has 1 spiro atoms. The van der Waals surface area contributed by atoms with E-state index in [0.29, 0.717) is 12.1 Å². The summed E-state index contributed by atoms with van der Waals surface area (Å²) in [5.41, 5.74) is 2.60. The number of carbonyl (C=O) groups excluding carboxylic acids is 3. The van der Waals surface area contributed by atoms with Crippen LogP contribution < -0.4 is 10.6 Å². The van der Waals surface area contributed by atoms with Crippen molar-refractivity contribution < 1.29 is 14.4 Å². The number of hydrogen-bond donors (Lipinski definition) is 2. The molecule has 0 radical (unpaired) electrons. The molecule has 2 heterocycles. The van der Waals surface area contributed by atoms with Crippen LogP contribution in [0.2, 0.25) is 0 Å². The first kappa shape index (κ1) is 17.7. The predicted octanol–water partition coefficient (Wildman–Crippen LogP) is 3.09. The molecule has 1 aromatic heterocycles. The van der Waals surface area contributed by atoms with Gasteiger partial charge in [-0.15, -0.1) is 11.3 Å². The maximum atomic E-state index is 13.1. The van der Waals surface area contributed by atoms with E-state index in [9.17, 15) is 14.4 Å². The third-order valence-corrected chi connectivity index (χ3v) is 6.27. The van der Waals surface area contributed by atoms with Gasteiger partial charge in [0.15, 0.2) is 0 Å². The zero-order valence-corrected chi connectivity index (χ0v) is 16.1. The summed E-state index contributed by atoms with van der Waals surface area (Å²) in [6.45, 7) is 3.60. The van der Waals surface area contributed by atoms with Crippen LogP contribution in [0.3, 0.4) is 0 Å². The molecule has 1 aromatic carbocycles. The first-order chi connectivity index (χ1) is 12.9. The van der Waals surface area contributed by atoms with E-state index < -0.39 is 11.6 Å². The van der Waals surface area contributed by atoms with Gasteiger partial charge in [0.2, 0.25) is 5.91 Å². The number of aryl methyl sites for hydroxylation is 3. The van der Waals surface area contributed by atoms with Gasteiger partial charge in [0.1, 0.15) is 12.1 Å². The molecule has 27 heavy (non-hydrogen) atoms. The average Bonchev–Trinajstić information content (AvgIpc) is 3.18. The minimum atomic E-state index is -1.01. The second kappa shape index (κ2) is 6.49. The smallest absolute Gasteiger partial charge is 0.324 e. The lowest BCUT2D eigenvalue weighted by Crippen LogP contribution is -2.46. The van der Waals surface area contributed by atoms with E-state index in [1.165, 1.54) is 0 Å². The highest BCUT2D eigenvalue weighted by atomic mass is 32.1. The van der Waals surface area contributed by atoms with Crippen molar-refractivity contribution in [2.75, 3.05) is 11.9 Å². The second-order valence-electron chi connectivity index (χ2n) is 7.20. The Hall–Kier alpha value is -2.67. The molecular formula is C20H21N3O3S. The molecule has 1 fully saturated rings. The van der Waals surface area contributed by atoms with Gasteiger partial charge in [0.25, 0.3) is 5.91 Å². The van der Waals surface area contributed by atoms with Gasteiger partial charge >= 0.3 is 6.03 Å². The first-order valence-electron chi connectivity index (χ1n) is 8.99. The molecule has 1 aliphatic heterocycles. The van der Waals surface area contributed by atoms with Crippen molar-refractivity contribution >= 4 is 34.9 Å². The number of benzene rings is 1. The third kappa shape index (κ3) is 2.92. The maximum Gasteiger partial charge on any atom is 0.325 e. The number of imide groups is 1. The van der Waals surface area contributed by atoms with E-state index in [2.05, 4.69) is 10.6 Å². The van der Waals surface area contributed by atoms with Crippen molar-refractivity contribution in [2.24, 2.45) is 0 Å². The largest absolute Gasteiger partial charge is 0.325 e. The summed E-state index contributed by atoms with van der Waals surface area (Å²) in [5.74, 6) is -0.716. The second-order valence-corrected chi connectivity index (χ2v) is 8.21. The molecule has 4 rings (SSSR count). The highest BCUT2D eigenvalue weighted by Gasteiger charge is 2.54. The first-order valence-corrected chi connectivity index (χ1v) is 9.87. The van der Waals surface area contributed by atoms with E-state index in [1.54, 1.807) is 11.3 Å². The predicted molar refractivity (Wildman–Crippen MR) is 104 cm³/mol. The lowest BCUT2D eigenvalue weighted by atomic mass is 9.80. The summed E-state index contributed by atoms with van der Waals surface area (Å²) < 4.78 is 0. The SMILES string of the molecule is Cc1ccc(NC(=O)CN2C(=O)NC3(CCCc4sccc43)C2=O)c(C)c1. The summed E-state index contributed by atoms with van der Waals surface area (Å²) in [4.78, 5) is 40.3. The van der Waals surface area contributed by atoms with Crippen LogP contribution in [-0.4, -0.2) is 29.3 Å². The number of urea groups is 1. The number of thiophene rings is 1. The Morgan fingerprint density at radius 2 is 2.11 bits per heavy atom. The minimum Gasteiger partial charge on any atom is -0.324 e. The lowest BCUT2D eigenvalue weighted by Gasteiger charge is -2.31. The van der Waals surface area contributed by atoms with Crippen molar-refractivity contribution in [3.05, 3.63) is 51.2 Å². The molecule has 1 saturated heterocycles. The summed E-state index contributed by atoms with van der Waals surface area (Å²) in [7, 11) is 0. The number of nitrogens with zero attached hydrogens (tertiary/aromatic N) is 1. The van der Waals surface area contributed by atoms with Crippen LogP contribution >= 0.6 is 11.3 Å². The molecule has 0 bridgehead atoms. The monoisotopic (exact) mass is 383 g/mol. The number of hydrogen-bond acceptors (Lipinski definition) is 4. The zero-order chi connectivity index (χ0) is 19.2. The number of rotatable bonds is 3. The molecule has 2 aromatic rings. The molecule has 4 amide bonds. The molecule has 7 heteroatoms. The van der Waals surface area contributed by atoms with Gasteiger partial charge in [-0.1, -0.05) is 17.7 Å². The minimum absolute atomic E-state index is 0.292. The summed E-state index contributed by atoms with van der Waals surface area (Å²) >= 11 is 1.61. The van der Waals surface area contributed by atoms with Gasteiger partial charge in [0.05, 0.1) is 0 Å². The zero-order valence-electron chi connectivity index (χ0n) is 15.3. The fraction of sp³-hybridized carbons (Fsp3) is 0.350. The molecule has 1 aliphatic carbocycles. The Kier molecular flexibility index (Phi) is 4.26. The van der Waals surface area contributed by atoms with Gasteiger partial charge in [-0.3, -0.25) is 14.5 Å². The van der Waals surface area contributed by atoms with Crippen molar-refractivity contribution in [1.82, 2.24) is 10.2 Å². The number of fused-ring (bicyclic) bond motifs is 2.